The minimum absolute atomic E-state index is 0.264. The fourth-order valence-corrected chi connectivity index (χ4v) is 2.68. The summed E-state index contributed by atoms with van der Waals surface area (Å²) in [6.45, 7) is 4.98. The highest BCUT2D eigenvalue weighted by molar-refractivity contribution is 9.10. The van der Waals surface area contributed by atoms with E-state index in [-0.39, 0.29) is 5.97 Å². The third-order valence-corrected chi connectivity index (χ3v) is 3.87. The van der Waals surface area contributed by atoms with Crippen LogP contribution in [0.25, 0.3) is 10.9 Å². The van der Waals surface area contributed by atoms with E-state index in [0.717, 1.165) is 33.9 Å². The number of ether oxygens (including phenoxy) is 1. The minimum Gasteiger partial charge on any atom is -0.465 e. The first-order chi connectivity index (χ1) is 10.2. The van der Waals surface area contributed by atoms with Gasteiger partial charge < -0.3 is 10.1 Å². The molecule has 1 aromatic carbocycles. The van der Waals surface area contributed by atoms with Crippen molar-refractivity contribution in [1.82, 2.24) is 10.3 Å². The van der Waals surface area contributed by atoms with E-state index >= 15 is 0 Å². The van der Waals surface area contributed by atoms with Gasteiger partial charge in [0.15, 0.2) is 0 Å². The van der Waals surface area contributed by atoms with Crippen LogP contribution in [0, 0.1) is 0 Å². The lowest BCUT2D eigenvalue weighted by Crippen LogP contribution is -2.31. The summed E-state index contributed by atoms with van der Waals surface area (Å²) >= 11 is 3.52. The zero-order chi connectivity index (χ0) is 15.2. The molecule has 2 aromatic rings. The van der Waals surface area contributed by atoms with Crippen molar-refractivity contribution >= 4 is 32.8 Å². The highest BCUT2D eigenvalue weighted by Crippen LogP contribution is 2.29. The summed E-state index contributed by atoms with van der Waals surface area (Å²) < 4.78 is 6.16. The number of hydrogen-bond acceptors (Lipinski definition) is 4. The van der Waals surface area contributed by atoms with Gasteiger partial charge in [0, 0.05) is 21.6 Å². The van der Waals surface area contributed by atoms with Crippen LogP contribution in [0.4, 0.5) is 0 Å². The fraction of sp³-hybridized carbons (Fsp3) is 0.375. The van der Waals surface area contributed by atoms with E-state index in [9.17, 15) is 4.79 Å². The van der Waals surface area contributed by atoms with Crippen LogP contribution in [0.15, 0.2) is 34.9 Å². The predicted molar refractivity (Wildman–Crippen MR) is 87.1 cm³/mol. The maximum Gasteiger partial charge on any atom is 0.327 e. The van der Waals surface area contributed by atoms with Gasteiger partial charge in [-0.1, -0.05) is 35.0 Å². The van der Waals surface area contributed by atoms with E-state index in [4.69, 9.17) is 4.74 Å². The van der Waals surface area contributed by atoms with Gasteiger partial charge in [-0.15, -0.1) is 0 Å². The fourth-order valence-electron chi connectivity index (χ4n) is 2.23. The molecule has 1 heterocycles. The summed E-state index contributed by atoms with van der Waals surface area (Å²) in [7, 11) is 0. The Morgan fingerprint density at radius 1 is 1.38 bits per heavy atom. The highest BCUT2D eigenvalue weighted by atomic mass is 79.9. The monoisotopic (exact) mass is 350 g/mol. The smallest absolute Gasteiger partial charge is 0.327 e. The van der Waals surface area contributed by atoms with Gasteiger partial charge in [0.05, 0.1) is 12.1 Å². The van der Waals surface area contributed by atoms with E-state index in [1.807, 2.05) is 31.2 Å². The molecule has 2 rings (SSSR count). The SMILES string of the molecule is CCCNC(C(=O)OCC)c1ccc(Br)c2cccnc12. The number of halogens is 1. The second kappa shape index (κ2) is 7.52. The van der Waals surface area contributed by atoms with Gasteiger partial charge in [-0.2, -0.15) is 0 Å². The summed E-state index contributed by atoms with van der Waals surface area (Å²) in [5, 5.41) is 4.24. The van der Waals surface area contributed by atoms with Crippen molar-refractivity contribution in [3.63, 3.8) is 0 Å². The number of benzene rings is 1. The number of esters is 1. The first-order valence-electron chi connectivity index (χ1n) is 7.12. The molecule has 112 valence electrons. The molecule has 0 radical (unpaired) electrons. The first-order valence-corrected chi connectivity index (χ1v) is 7.91. The second-order valence-electron chi connectivity index (χ2n) is 4.68. The summed E-state index contributed by atoms with van der Waals surface area (Å²) in [4.78, 5) is 16.7. The van der Waals surface area contributed by atoms with E-state index in [0.29, 0.717) is 6.61 Å². The molecule has 0 aliphatic heterocycles. The van der Waals surface area contributed by atoms with Crippen LogP contribution in [-0.2, 0) is 9.53 Å². The van der Waals surface area contributed by atoms with Crippen LogP contribution in [0.5, 0.6) is 0 Å². The zero-order valence-corrected chi connectivity index (χ0v) is 13.8. The minimum atomic E-state index is -0.490. The lowest BCUT2D eigenvalue weighted by Gasteiger charge is -2.19. The number of carbonyl (C=O) groups excluding carboxylic acids is 1. The number of nitrogens with one attached hydrogen (secondary N) is 1. The van der Waals surface area contributed by atoms with Gasteiger partial charge in [0.2, 0.25) is 0 Å². The molecule has 1 N–H and O–H groups in total. The molecule has 1 unspecified atom stereocenters. The Morgan fingerprint density at radius 3 is 2.90 bits per heavy atom. The predicted octanol–water partition coefficient (Wildman–Crippen LogP) is 3.60. The van der Waals surface area contributed by atoms with Crippen LogP contribution >= 0.6 is 15.9 Å². The Labute approximate surface area is 133 Å². The molecule has 21 heavy (non-hydrogen) atoms. The lowest BCUT2D eigenvalue weighted by atomic mass is 10.0. The molecule has 0 aliphatic carbocycles. The van der Waals surface area contributed by atoms with Crippen molar-refractivity contribution in [2.24, 2.45) is 0 Å². The Hall–Kier alpha value is -1.46. The Morgan fingerprint density at radius 2 is 2.19 bits per heavy atom. The average molecular weight is 351 g/mol. The molecule has 0 saturated carbocycles. The maximum atomic E-state index is 12.3. The third kappa shape index (κ3) is 3.60. The molecule has 0 saturated heterocycles. The number of pyridine rings is 1. The third-order valence-electron chi connectivity index (χ3n) is 3.18. The van der Waals surface area contributed by atoms with Crippen molar-refractivity contribution in [3.05, 3.63) is 40.5 Å². The zero-order valence-electron chi connectivity index (χ0n) is 12.2. The van der Waals surface area contributed by atoms with Crippen LogP contribution < -0.4 is 5.32 Å². The van der Waals surface area contributed by atoms with Gasteiger partial charge in [-0.3, -0.25) is 4.98 Å². The molecule has 0 bridgehead atoms. The number of carbonyl (C=O) groups is 1. The quantitative estimate of drug-likeness (QED) is 0.808. The Bertz CT molecular complexity index is 631. The van der Waals surface area contributed by atoms with Crippen LogP contribution in [0.2, 0.25) is 0 Å². The van der Waals surface area contributed by atoms with E-state index < -0.39 is 6.04 Å². The highest BCUT2D eigenvalue weighted by Gasteiger charge is 2.24. The van der Waals surface area contributed by atoms with Crippen LogP contribution in [0.3, 0.4) is 0 Å². The average Bonchev–Trinajstić information content (AvgIpc) is 2.50. The molecule has 1 atom stereocenters. The molecular weight excluding hydrogens is 332 g/mol. The molecule has 5 heteroatoms. The number of nitrogens with zero attached hydrogens (tertiary/aromatic N) is 1. The maximum absolute atomic E-state index is 12.3. The number of fused-ring (bicyclic) bond motifs is 1. The summed E-state index contributed by atoms with van der Waals surface area (Å²) in [6, 6.07) is 7.24. The van der Waals surface area contributed by atoms with E-state index in [1.54, 1.807) is 6.20 Å². The van der Waals surface area contributed by atoms with Gasteiger partial charge in [0.1, 0.15) is 6.04 Å². The molecule has 0 spiro atoms. The van der Waals surface area contributed by atoms with Crippen molar-refractivity contribution in [1.29, 1.82) is 0 Å². The molecular formula is C16H19BrN2O2. The first kappa shape index (κ1) is 15.9. The largest absolute Gasteiger partial charge is 0.465 e. The van der Waals surface area contributed by atoms with Crippen molar-refractivity contribution in [3.8, 4) is 0 Å². The summed E-state index contributed by atoms with van der Waals surface area (Å²) in [6.07, 6.45) is 2.68. The van der Waals surface area contributed by atoms with E-state index in [2.05, 4.69) is 33.2 Å². The van der Waals surface area contributed by atoms with Crippen molar-refractivity contribution in [2.75, 3.05) is 13.2 Å². The van der Waals surface area contributed by atoms with Gasteiger partial charge in [0.25, 0.3) is 0 Å². The Balaban J connectivity index is 2.48. The number of aromatic nitrogens is 1. The van der Waals surface area contributed by atoms with Crippen molar-refractivity contribution < 1.29 is 9.53 Å². The standard InChI is InChI=1S/C16H19BrN2O2/c1-3-9-18-15(16(20)21-4-2)12-7-8-13(17)11-6-5-10-19-14(11)12/h5-8,10,15,18H,3-4,9H2,1-2H3. The van der Waals surface area contributed by atoms with Gasteiger partial charge in [-0.25, -0.2) is 4.79 Å². The van der Waals surface area contributed by atoms with Crippen LogP contribution in [0.1, 0.15) is 31.9 Å². The Kier molecular flexibility index (Phi) is 5.70. The number of hydrogen-bond donors (Lipinski definition) is 1. The second-order valence-corrected chi connectivity index (χ2v) is 5.53. The summed E-state index contributed by atoms with van der Waals surface area (Å²) in [5.74, 6) is -0.264. The molecule has 0 amide bonds. The van der Waals surface area contributed by atoms with Crippen molar-refractivity contribution in [2.45, 2.75) is 26.3 Å². The lowest BCUT2D eigenvalue weighted by molar-refractivity contribution is -0.145. The molecule has 0 aliphatic rings. The van der Waals surface area contributed by atoms with E-state index in [1.165, 1.54) is 0 Å². The molecule has 4 nitrogen and oxygen atoms in total. The topological polar surface area (TPSA) is 51.2 Å². The molecule has 0 fully saturated rings. The van der Waals surface area contributed by atoms with Gasteiger partial charge in [-0.05, 0) is 32.0 Å². The summed E-state index contributed by atoms with van der Waals surface area (Å²) in [5.41, 5.74) is 1.66. The van der Waals surface area contributed by atoms with Gasteiger partial charge >= 0.3 is 5.97 Å². The molecule has 1 aromatic heterocycles. The normalized spacial score (nSPS) is 12.3. The van der Waals surface area contributed by atoms with Crippen LogP contribution in [-0.4, -0.2) is 24.1 Å². The number of rotatable bonds is 6.